The molecular weight excluding hydrogens is 376 g/mol. The summed E-state index contributed by atoms with van der Waals surface area (Å²) < 4.78 is 4.29. The Morgan fingerprint density at radius 2 is 1.93 bits per heavy atom. The van der Waals surface area contributed by atoms with E-state index in [9.17, 15) is 9.90 Å². The van der Waals surface area contributed by atoms with Crippen LogP contribution in [0.3, 0.4) is 0 Å². The van der Waals surface area contributed by atoms with Gasteiger partial charge >= 0.3 is 0 Å². The average molecular weight is 409 g/mol. The van der Waals surface area contributed by atoms with Gasteiger partial charge in [0.25, 0.3) is 0 Å². The van der Waals surface area contributed by atoms with Crippen LogP contribution >= 0.6 is 0 Å². The highest BCUT2D eigenvalue weighted by molar-refractivity contribution is 5.85. The monoisotopic (exact) mass is 408 g/mol. The van der Waals surface area contributed by atoms with Gasteiger partial charge in [-0.3, -0.25) is 4.79 Å². The summed E-state index contributed by atoms with van der Waals surface area (Å²) in [5, 5.41) is 12.3. The van der Waals surface area contributed by atoms with Gasteiger partial charge < -0.3 is 19.1 Å². The molecule has 1 aromatic carbocycles. The Balaban J connectivity index is 1.34. The molecule has 160 valence electrons. The highest BCUT2D eigenvalue weighted by atomic mass is 16.3. The first-order valence-corrected chi connectivity index (χ1v) is 11.1. The summed E-state index contributed by atoms with van der Waals surface area (Å²) in [5.74, 6) is 1.18. The van der Waals surface area contributed by atoms with Crippen molar-refractivity contribution >= 4 is 16.8 Å². The van der Waals surface area contributed by atoms with Crippen LogP contribution in [0, 0.1) is 0 Å². The van der Waals surface area contributed by atoms with E-state index in [4.69, 9.17) is 0 Å². The summed E-state index contributed by atoms with van der Waals surface area (Å²) in [6.07, 6.45) is 9.23. The molecule has 0 saturated carbocycles. The molecule has 1 amide bonds. The van der Waals surface area contributed by atoms with E-state index < -0.39 is 5.60 Å². The van der Waals surface area contributed by atoms with Gasteiger partial charge in [-0.05, 0) is 37.8 Å². The molecule has 0 radical (unpaired) electrons. The van der Waals surface area contributed by atoms with Crippen LogP contribution in [0.4, 0.5) is 0 Å². The lowest BCUT2D eigenvalue weighted by molar-refractivity contribution is -0.135. The number of benzene rings is 1. The first kappa shape index (κ1) is 20.7. The van der Waals surface area contributed by atoms with E-state index in [1.165, 1.54) is 16.5 Å². The quantitative estimate of drug-likeness (QED) is 0.652. The maximum atomic E-state index is 12.8. The second-order valence-corrected chi connectivity index (χ2v) is 8.39. The molecule has 6 heteroatoms. The van der Waals surface area contributed by atoms with Crippen LogP contribution in [0.1, 0.15) is 44.5 Å². The number of aryl methyl sites for hydroxylation is 3. The Labute approximate surface area is 178 Å². The fourth-order valence-electron chi connectivity index (χ4n) is 4.63. The molecule has 3 heterocycles. The molecule has 0 bridgehead atoms. The molecule has 4 rings (SSSR count). The summed E-state index contributed by atoms with van der Waals surface area (Å²) in [7, 11) is 0. The lowest BCUT2D eigenvalue weighted by Crippen LogP contribution is -2.48. The maximum Gasteiger partial charge on any atom is 0.222 e. The minimum atomic E-state index is -0.768. The number of amides is 1. The van der Waals surface area contributed by atoms with Crippen molar-refractivity contribution in [3.63, 3.8) is 0 Å². The highest BCUT2D eigenvalue weighted by Crippen LogP contribution is 2.26. The van der Waals surface area contributed by atoms with Crippen LogP contribution in [-0.4, -0.2) is 48.7 Å². The highest BCUT2D eigenvalue weighted by Gasteiger charge is 2.34. The standard InChI is InChI=1S/C24H32N4O2/c1-3-22-25-13-16-28(22)18-24(30)11-14-27(15-12-24)23(29)10-9-19-17-26(4-2)21-8-6-5-7-20(19)21/h5-8,13,16-17,30H,3-4,9-12,14-15,18H2,1-2H3. The van der Waals surface area contributed by atoms with Gasteiger partial charge in [-0.15, -0.1) is 0 Å². The third kappa shape index (κ3) is 4.15. The molecule has 1 fully saturated rings. The number of para-hydroxylation sites is 1. The first-order chi connectivity index (χ1) is 14.5. The van der Waals surface area contributed by atoms with Crippen molar-refractivity contribution in [2.75, 3.05) is 13.1 Å². The number of likely N-dealkylation sites (tertiary alicyclic amines) is 1. The molecule has 3 aromatic rings. The Hall–Kier alpha value is -2.60. The summed E-state index contributed by atoms with van der Waals surface area (Å²) in [4.78, 5) is 19.1. The lowest BCUT2D eigenvalue weighted by Gasteiger charge is -2.38. The summed E-state index contributed by atoms with van der Waals surface area (Å²) in [5.41, 5.74) is 1.70. The van der Waals surface area contributed by atoms with Gasteiger partial charge in [0.2, 0.25) is 5.91 Å². The van der Waals surface area contributed by atoms with E-state index in [0.29, 0.717) is 38.9 Å². The fraction of sp³-hybridized carbons (Fsp3) is 0.500. The molecule has 1 saturated heterocycles. The van der Waals surface area contributed by atoms with Crippen molar-refractivity contribution in [1.29, 1.82) is 0 Å². The van der Waals surface area contributed by atoms with Crippen molar-refractivity contribution in [1.82, 2.24) is 19.0 Å². The number of carbonyl (C=O) groups excluding carboxylic acids is 1. The van der Waals surface area contributed by atoms with Crippen molar-refractivity contribution in [2.24, 2.45) is 0 Å². The number of hydrogen-bond donors (Lipinski definition) is 1. The van der Waals surface area contributed by atoms with Crippen molar-refractivity contribution in [3.05, 3.63) is 54.2 Å². The van der Waals surface area contributed by atoms with Gasteiger partial charge in [0, 0.05) is 62.0 Å². The number of fused-ring (bicyclic) bond motifs is 1. The van der Waals surface area contributed by atoms with Gasteiger partial charge in [-0.1, -0.05) is 25.1 Å². The second-order valence-electron chi connectivity index (χ2n) is 8.39. The molecule has 0 aliphatic carbocycles. The van der Waals surface area contributed by atoms with E-state index in [1.807, 2.05) is 15.7 Å². The number of carbonyl (C=O) groups is 1. The zero-order chi connectivity index (χ0) is 21.1. The summed E-state index contributed by atoms with van der Waals surface area (Å²) in [6.45, 7) is 6.92. The van der Waals surface area contributed by atoms with Crippen LogP contribution in [0.25, 0.3) is 10.9 Å². The predicted octanol–water partition coefficient (Wildman–Crippen LogP) is 3.41. The van der Waals surface area contributed by atoms with Gasteiger partial charge in [0.15, 0.2) is 0 Å². The van der Waals surface area contributed by atoms with Crippen LogP contribution in [-0.2, 0) is 30.7 Å². The van der Waals surface area contributed by atoms with Crippen molar-refractivity contribution < 1.29 is 9.90 Å². The predicted molar refractivity (Wildman–Crippen MR) is 118 cm³/mol. The smallest absolute Gasteiger partial charge is 0.222 e. The molecular formula is C24H32N4O2. The number of piperidine rings is 1. The largest absolute Gasteiger partial charge is 0.388 e. The molecule has 1 aliphatic heterocycles. The van der Waals surface area contributed by atoms with E-state index >= 15 is 0 Å². The number of aliphatic hydroxyl groups is 1. The third-order valence-electron chi connectivity index (χ3n) is 6.45. The maximum absolute atomic E-state index is 12.8. The number of imidazole rings is 1. The van der Waals surface area contributed by atoms with Crippen molar-refractivity contribution in [2.45, 2.75) is 64.6 Å². The van der Waals surface area contributed by atoms with E-state index in [0.717, 1.165) is 25.2 Å². The van der Waals surface area contributed by atoms with Crippen LogP contribution in [0.15, 0.2) is 42.9 Å². The number of nitrogens with zero attached hydrogens (tertiary/aromatic N) is 4. The Kier molecular flexibility index (Phi) is 5.95. The normalized spacial score (nSPS) is 16.3. The first-order valence-electron chi connectivity index (χ1n) is 11.1. The van der Waals surface area contributed by atoms with E-state index in [2.05, 4.69) is 53.9 Å². The van der Waals surface area contributed by atoms with E-state index in [-0.39, 0.29) is 5.91 Å². The SMILES string of the molecule is CCc1nccn1CC1(O)CCN(C(=O)CCc2cn(CC)c3ccccc23)CC1. The van der Waals surface area contributed by atoms with Crippen LogP contribution in [0.2, 0.25) is 0 Å². The zero-order valence-corrected chi connectivity index (χ0v) is 18.0. The van der Waals surface area contributed by atoms with Crippen LogP contribution < -0.4 is 0 Å². The zero-order valence-electron chi connectivity index (χ0n) is 18.0. The Morgan fingerprint density at radius 1 is 1.17 bits per heavy atom. The van der Waals surface area contributed by atoms with Gasteiger partial charge in [-0.2, -0.15) is 0 Å². The molecule has 0 atom stereocenters. The van der Waals surface area contributed by atoms with Gasteiger partial charge in [0.05, 0.1) is 12.1 Å². The van der Waals surface area contributed by atoms with Gasteiger partial charge in [0.1, 0.15) is 5.82 Å². The number of hydrogen-bond acceptors (Lipinski definition) is 3. The molecule has 1 aliphatic rings. The molecule has 0 unspecified atom stereocenters. The summed E-state index contributed by atoms with van der Waals surface area (Å²) in [6, 6.07) is 8.40. The average Bonchev–Trinajstić information content (AvgIpc) is 3.36. The van der Waals surface area contributed by atoms with E-state index in [1.54, 1.807) is 6.20 Å². The van der Waals surface area contributed by atoms with Gasteiger partial charge in [-0.25, -0.2) is 4.98 Å². The number of rotatable bonds is 7. The topological polar surface area (TPSA) is 63.3 Å². The minimum absolute atomic E-state index is 0.183. The molecule has 0 spiro atoms. The Morgan fingerprint density at radius 3 is 2.67 bits per heavy atom. The third-order valence-corrected chi connectivity index (χ3v) is 6.45. The fourth-order valence-corrected chi connectivity index (χ4v) is 4.63. The molecule has 2 aromatic heterocycles. The van der Waals surface area contributed by atoms with Crippen molar-refractivity contribution in [3.8, 4) is 0 Å². The summed E-state index contributed by atoms with van der Waals surface area (Å²) >= 11 is 0. The minimum Gasteiger partial charge on any atom is -0.388 e. The van der Waals surface area contributed by atoms with Crippen LogP contribution in [0.5, 0.6) is 0 Å². The molecule has 6 nitrogen and oxygen atoms in total. The number of aromatic nitrogens is 3. The second kappa shape index (κ2) is 8.64. The molecule has 30 heavy (non-hydrogen) atoms. The Bertz CT molecular complexity index is 1010. The molecule has 1 N–H and O–H groups in total. The lowest BCUT2D eigenvalue weighted by atomic mass is 9.91.